The van der Waals surface area contributed by atoms with Crippen LogP contribution < -0.4 is 5.32 Å². The van der Waals surface area contributed by atoms with Gasteiger partial charge in [-0.1, -0.05) is 5.16 Å². The van der Waals surface area contributed by atoms with Gasteiger partial charge in [-0.2, -0.15) is 4.98 Å². The second kappa shape index (κ2) is 5.93. The van der Waals surface area contributed by atoms with Crippen molar-refractivity contribution in [1.29, 1.82) is 0 Å². The van der Waals surface area contributed by atoms with Crippen LogP contribution in [0.15, 0.2) is 4.52 Å². The number of nitrogens with one attached hydrogen (secondary N) is 1. The summed E-state index contributed by atoms with van der Waals surface area (Å²) in [6.45, 7) is 5.56. The highest BCUT2D eigenvalue weighted by molar-refractivity contribution is 4.87. The van der Waals surface area contributed by atoms with Crippen molar-refractivity contribution in [2.75, 3.05) is 39.9 Å². The fourth-order valence-electron chi connectivity index (χ4n) is 1.71. The quantitative estimate of drug-likeness (QED) is 0.741. The molecule has 0 radical (unpaired) electrons. The third-order valence-electron chi connectivity index (χ3n) is 2.60. The largest absolute Gasteiger partial charge is 0.384 e. The molecule has 0 aliphatic carbocycles. The lowest BCUT2D eigenvalue weighted by atomic mass is 10.3. The van der Waals surface area contributed by atoms with Gasteiger partial charge in [0.15, 0.2) is 5.82 Å². The molecule has 0 bridgehead atoms. The molecular formula is C10H18N4O2. The molecule has 2 rings (SSSR count). The van der Waals surface area contributed by atoms with Crippen molar-refractivity contribution in [2.45, 2.75) is 13.0 Å². The molecule has 1 aromatic heterocycles. The summed E-state index contributed by atoms with van der Waals surface area (Å²) in [6, 6.07) is 0. The predicted molar refractivity (Wildman–Crippen MR) is 58.0 cm³/mol. The van der Waals surface area contributed by atoms with Gasteiger partial charge in [0, 0.05) is 33.3 Å². The van der Waals surface area contributed by atoms with E-state index in [1.165, 1.54) is 0 Å². The van der Waals surface area contributed by atoms with Crippen LogP contribution in [-0.2, 0) is 17.7 Å². The third kappa shape index (κ3) is 3.26. The molecule has 1 aliphatic rings. The van der Waals surface area contributed by atoms with Crippen LogP contribution in [0.1, 0.15) is 11.7 Å². The van der Waals surface area contributed by atoms with Crippen LogP contribution >= 0.6 is 0 Å². The summed E-state index contributed by atoms with van der Waals surface area (Å²) >= 11 is 0. The number of ether oxygens (including phenoxy) is 1. The number of methoxy groups -OCH3 is 1. The second-order valence-electron chi connectivity index (χ2n) is 3.87. The van der Waals surface area contributed by atoms with Crippen LogP contribution in [-0.4, -0.2) is 54.9 Å². The minimum Gasteiger partial charge on any atom is -0.384 e. The Balaban J connectivity index is 1.81. The normalized spacial score (nSPS) is 17.8. The molecule has 0 unspecified atom stereocenters. The molecule has 16 heavy (non-hydrogen) atoms. The first kappa shape index (κ1) is 11.5. The van der Waals surface area contributed by atoms with Crippen LogP contribution in [0.3, 0.4) is 0 Å². The maximum Gasteiger partial charge on any atom is 0.229 e. The van der Waals surface area contributed by atoms with E-state index in [0.717, 1.165) is 38.5 Å². The van der Waals surface area contributed by atoms with Crippen LogP contribution in [0.25, 0.3) is 0 Å². The summed E-state index contributed by atoms with van der Waals surface area (Å²) in [6.07, 6.45) is 0.686. The van der Waals surface area contributed by atoms with Gasteiger partial charge < -0.3 is 14.6 Å². The van der Waals surface area contributed by atoms with E-state index in [9.17, 15) is 0 Å². The smallest absolute Gasteiger partial charge is 0.229 e. The molecule has 1 aromatic rings. The Labute approximate surface area is 95.0 Å². The van der Waals surface area contributed by atoms with Crippen LogP contribution in [0.4, 0.5) is 0 Å². The van der Waals surface area contributed by atoms with Crippen LogP contribution in [0.5, 0.6) is 0 Å². The van der Waals surface area contributed by atoms with Gasteiger partial charge in [0.05, 0.1) is 19.6 Å². The van der Waals surface area contributed by atoms with E-state index in [1.54, 1.807) is 7.11 Å². The molecule has 6 heteroatoms. The molecule has 2 heterocycles. The van der Waals surface area contributed by atoms with Crippen molar-refractivity contribution in [3.05, 3.63) is 11.7 Å². The summed E-state index contributed by atoms with van der Waals surface area (Å²) in [5, 5.41) is 7.27. The number of hydrogen-bond donors (Lipinski definition) is 1. The van der Waals surface area contributed by atoms with Crippen molar-refractivity contribution in [2.24, 2.45) is 0 Å². The second-order valence-corrected chi connectivity index (χ2v) is 3.87. The fourth-order valence-corrected chi connectivity index (χ4v) is 1.71. The maximum absolute atomic E-state index is 5.12. The van der Waals surface area contributed by atoms with Crippen molar-refractivity contribution < 1.29 is 9.26 Å². The van der Waals surface area contributed by atoms with Gasteiger partial charge in [0.25, 0.3) is 0 Å². The van der Waals surface area contributed by atoms with E-state index in [0.29, 0.717) is 18.9 Å². The first-order chi connectivity index (χ1) is 7.88. The monoisotopic (exact) mass is 226 g/mol. The Morgan fingerprint density at radius 3 is 3.00 bits per heavy atom. The molecule has 0 saturated carbocycles. The average Bonchev–Trinajstić information content (AvgIpc) is 2.75. The Kier molecular flexibility index (Phi) is 4.26. The molecule has 1 N–H and O–H groups in total. The minimum absolute atomic E-state index is 0.620. The molecule has 6 nitrogen and oxygen atoms in total. The van der Waals surface area contributed by atoms with Gasteiger partial charge >= 0.3 is 0 Å². The van der Waals surface area contributed by atoms with E-state index < -0.39 is 0 Å². The van der Waals surface area contributed by atoms with E-state index in [-0.39, 0.29) is 0 Å². The molecule has 1 aliphatic heterocycles. The topological polar surface area (TPSA) is 63.4 Å². The molecule has 0 spiro atoms. The molecule has 0 amide bonds. The van der Waals surface area contributed by atoms with Crippen molar-refractivity contribution in [3.8, 4) is 0 Å². The fraction of sp³-hybridized carbons (Fsp3) is 0.800. The first-order valence-corrected chi connectivity index (χ1v) is 5.62. The average molecular weight is 226 g/mol. The van der Waals surface area contributed by atoms with Crippen LogP contribution in [0, 0.1) is 0 Å². The van der Waals surface area contributed by atoms with Gasteiger partial charge in [-0.25, -0.2) is 0 Å². The standard InChI is InChI=1S/C10H18N4O2/c1-15-7-2-10-12-9(13-16-10)8-14-5-3-11-4-6-14/h11H,2-8H2,1H3. The van der Waals surface area contributed by atoms with Gasteiger partial charge in [-0.05, 0) is 0 Å². The number of hydrogen-bond acceptors (Lipinski definition) is 6. The molecule has 0 atom stereocenters. The van der Waals surface area contributed by atoms with Gasteiger partial charge in [-0.3, -0.25) is 4.90 Å². The van der Waals surface area contributed by atoms with E-state index in [1.807, 2.05) is 0 Å². The Morgan fingerprint density at radius 2 is 2.25 bits per heavy atom. The molecule has 1 fully saturated rings. The SMILES string of the molecule is COCCc1nc(CN2CCNCC2)no1. The number of nitrogens with zero attached hydrogens (tertiary/aromatic N) is 3. The lowest BCUT2D eigenvalue weighted by Gasteiger charge is -2.25. The summed E-state index contributed by atoms with van der Waals surface area (Å²) in [5.74, 6) is 1.43. The summed E-state index contributed by atoms with van der Waals surface area (Å²) < 4.78 is 10.1. The Bertz CT molecular complexity index is 310. The zero-order valence-corrected chi connectivity index (χ0v) is 9.61. The Hall–Kier alpha value is -0.980. The van der Waals surface area contributed by atoms with Gasteiger partial charge in [-0.15, -0.1) is 0 Å². The zero-order valence-electron chi connectivity index (χ0n) is 9.61. The van der Waals surface area contributed by atoms with E-state index in [2.05, 4.69) is 20.4 Å². The van der Waals surface area contributed by atoms with E-state index >= 15 is 0 Å². The molecule has 1 saturated heterocycles. The zero-order chi connectivity index (χ0) is 11.2. The van der Waals surface area contributed by atoms with Crippen molar-refractivity contribution >= 4 is 0 Å². The summed E-state index contributed by atoms with van der Waals surface area (Å²) in [5.41, 5.74) is 0. The van der Waals surface area contributed by atoms with E-state index in [4.69, 9.17) is 9.26 Å². The highest BCUT2D eigenvalue weighted by atomic mass is 16.5. The molecular weight excluding hydrogens is 208 g/mol. The van der Waals surface area contributed by atoms with Gasteiger partial charge in [0.1, 0.15) is 0 Å². The summed E-state index contributed by atoms with van der Waals surface area (Å²) in [7, 11) is 1.66. The minimum atomic E-state index is 0.620. The van der Waals surface area contributed by atoms with Crippen LogP contribution in [0.2, 0.25) is 0 Å². The lowest BCUT2D eigenvalue weighted by molar-refractivity contribution is 0.191. The first-order valence-electron chi connectivity index (χ1n) is 5.62. The molecule has 0 aromatic carbocycles. The van der Waals surface area contributed by atoms with Gasteiger partial charge in [0.2, 0.25) is 5.89 Å². The lowest BCUT2D eigenvalue weighted by Crippen LogP contribution is -2.43. The molecule has 90 valence electrons. The van der Waals surface area contributed by atoms with Crippen molar-refractivity contribution in [1.82, 2.24) is 20.4 Å². The third-order valence-corrected chi connectivity index (χ3v) is 2.60. The number of piperazine rings is 1. The highest BCUT2D eigenvalue weighted by Gasteiger charge is 2.13. The Morgan fingerprint density at radius 1 is 1.44 bits per heavy atom. The number of aromatic nitrogens is 2. The predicted octanol–water partition coefficient (Wildman–Crippen LogP) is -0.336. The highest BCUT2D eigenvalue weighted by Crippen LogP contribution is 2.03. The number of rotatable bonds is 5. The van der Waals surface area contributed by atoms with Crippen molar-refractivity contribution in [3.63, 3.8) is 0 Å². The summed E-state index contributed by atoms with van der Waals surface area (Å²) in [4.78, 5) is 6.64. The maximum atomic E-state index is 5.12.